The Kier molecular flexibility index (Phi) is 5.88. The maximum Gasteiger partial charge on any atom is 0.522 e. The van der Waals surface area contributed by atoms with Crippen LogP contribution in [0.2, 0.25) is 5.54 Å². The highest BCUT2D eigenvalue weighted by molar-refractivity contribution is 7.88. The van der Waals surface area contributed by atoms with Gasteiger partial charge in [-0.1, -0.05) is 71.8 Å². The summed E-state index contributed by atoms with van der Waals surface area (Å²) in [5.41, 5.74) is -2.53. The maximum atomic E-state index is 13.5. The Hall–Kier alpha value is -2.16. The molecule has 0 unspecified atom stereocenters. The van der Waals surface area contributed by atoms with E-state index in [1.165, 1.54) is 0 Å². The summed E-state index contributed by atoms with van der Waals surface area (Å²) in [5.74, 6) is 0. The molecule has 0 aromatic heterocycles. The third kappa shape index (κ3) is 3.57. The number of benzene rings is 2. The van der Waals surface area contributed by atoms with Crippen LogP contribution >= 0.6 is 0 Å². The molecule has 2 aromatic rings. The second-order valence-electron chi connectivity index (χ2n) is 7.50. The molecule has 160 valence electrons. The molecule has 0 N–H and O–H groups in total. The van der Waals surface area contributed by atoms with Crippen LogP contribution in [-0.4, -0.2) is 22.2 Å². The van der Waals surface area contributed by atoms with Crippen molar-refractivity contribution in [1.29, 1.82) is 0 Å². The van der Waals surface area contributed by atoms with E-state index in [9.17, 15) is 21.6 Å². The topological polar surface area (TPSA) is 43.4 Å². The molecule has 30 heavy (non-hydrogen) atoms. The van der Waals surface area contributed by atoms with Gasteiger partial charge in [0.2, 0.25) is 0 Å². The third-order valence-electron chi connectivity index (χ3n) is 5.95. The summed E-state index contributed by atoms with van der Waals surface area (Å²) in [5, 5.41) is 0.936. The van der Waals surface area contributed by atoms with Crippen molar-refractivity contribution >= 4 is 28.8 Å². The molecule has 0 spiro atoms. The van der Waals surface area contributed by atoms with E-state index in [1.807, 2.05) is 27.7 Å². The zero-order valence-electron chi connectivity index (χ0n) is 17.1. The quantitative estimate of drug-likeness (QED) is 0.489. The van der Waals surface area contributed by atoms with Gasteiger partial charge in [0, 0.05) is 5.54 Å². The standard InChI is InChI=1S/C22H23F3O3SSi/c1-15-16(2)18(4)21(17(15)3)30(19-11-7-5-8-12-19,20-13-9-6-10-14-20)28-29(26,27)22(23,24)25/h5-14,21H,1-4H3. The summed E-state index contributed by atoms with van der Waals surface area (Å²) in [7, 11) is -9.85. The van der Waals surface area contributed by atoms with Crippen LogP contribution in [0.5, 0.6) is 0 Å². The first kappa shape index (κ1) is 22.5. The highest BCUT2D eigenvalue weighted by Crippen LogP contribution is 2.48. The van der Waals surface area contributed by atoms with E-state index in [2.05, 4.69) is 0 Å². The van der Waals surface area contributed by atoms with Gasteiger partial charge >= 0.3 is 15.6 Å². The number of allylic oxidation sites excluding steroid dienone is 4. The van der Waals surface area contributed by atoms with Crippen LogP contribution in [0.15, 0.2) is 83.0 Å². The van der Waals surface area contributed by atoms with Gasteiger partial charge in [-0.05, 0) is 49.2 Å². The van der Waals surface area contributed by atoms with Crippen molar-refractivity contribution < 1.29 is 25.5 Å². The molecule has 0 saturated heterocycles. The lowest BCUT2D eigenvalue weighted by molar-refractivity contribution is -0.0502. The maximum absolute atomic E-state index is 13.5. The Morgan fingerprint density at radius 3 is 1.47 bits per heavy atom. The van der Waals surface area contributed by atoms with Crippen LogP contribution < -0.4 is 10.4 Å². The highest BCUT2D eigenvalue weighted by Gasteiger charge is 2.59. The fourth-order valence-corrected chi connectivity index (χ4v) is 11.1. The average Bonchev–Trinajstić information content (AvgIpc) is 2.90. The smallest absolute Gasteiger partial charge is 0.296 e. The first-order valence-corrected chi connectivity index (χ1v) is 12.8. The van der Waals surface area contributed by atoms with Gasteiger partial charge in [0.05, 0.1) is 0 Å². The predicted molar refractivity (Wildman–Crippen MR) is 114 cm³/mol. The molecule has 0 radical (unpaired) electrons. The zero-order chi connectivity index (χ0) is 22.3. The summed E-state index contributed by atoms with van der Waals surface area (Å²) < 4.78 is 70.8. The van der Waals surface area contributed by atoms with Gasteiger partial charge in [0.15, 0.2) is 0 Å². The molecule has 1 aliphatic rings. The van der Waals surface area contributed by atoms with Gasteiger partial charge < -0.3 is 0 Å². The molecule has 0 atom stereocenters. The fraction of sp³-hybridized carbons (Fsp3) is 0.273. The molecule has 0 heterocycles. The van der Waals surface area contributed by atoms with Crippen LogP contribution in [0, 0.1) is 0 Å². The van der Waals surface area contributed by atoms with Crippen LogP contribution in [0.3, 0.4) is 0 Å². The predicted octanol–water partition coefficient (Wildman–Crippen LogP) is 4.67. The number of alkyl halides is 3. The van der Waals surface area contributed by atoms with Crippen molar-refractivity contribution in [3.63, 3.8) is 0 Å². The van der Waals surface area contributed by atoms with E-state index in [4.69, 9.17) is 3.87 Å². The summed E-state index contributed by atoms with van der Waals surface area (Å²) in [4.78, 5) is 0. The second-order valence-corrected chi connectivity index (χ2v) is 12.7. The molecule has 0 bridgehead atoms. The third-order valence-corrected chi connectivity index (χ3v) is 12.5. The van der Waals surface area contributed by atoms with Crippen molar-refractivity contribution in [2.75, 3.05) is 0 Å². The minimum atomic E-state index is -5.85. The van der Waals surface area contributed by atoms with Gasteiger partial charge in [-0.15, -0.1) is 0 Å². The Morgan fingerprint density at radius 2 is 1.13 bits per heavy atom. The largest absolute Gasteiger partial charge is 0.522 e. The number of hydrogen-bond acceptors (Lipinski definition) is 3. The monoisotopic (exact) mass is 452 g/mol. The van der Waals surface area contributed by atoms with Gasteiger partial charge in [0.1, 0.15) is 0 Å². The molecule has 3 nitrogen and oxygen atoms in total. The van der Waals surface area contributed by atoms with Crippen LogP contribution in [0.4, 0.5) is 13.2 Å². The molecule has 0 aliphatic heterocycles. The van der Waals surface area contributed by atoms with E-state index in [0.29, 0.717) is 10.4 Å². The lowest BCUT2D eigenvalue weighted by Crippen LogP contribution is -2.65. The molecule has 0 fully saturated rings. The summed E-state index contributed by atoms with van der Waals surface area (Å²) in [6.07, 6.45) is 0. The number of hydrogen-bond donors (Lipinski definition) is 0. The Labute approximate surface area is 176 Å². The first-order valence-electron chi connectivity index (χ1n) is 9.41. The van der Waals surface area contributed by atoms with Gasteiger partial charge in [-0.25, -0.2) is 0 Å². The Morgan fingerprint density at radius 1 is 0.767 bits per heavy atom. The molecule has 0 amide bonds. The molecule has 0 saturated carbocycles. The van der Waals surface area contributed by atoms with Crippen molar-refractivity contribution in [2.45, 2.75) is 38.7 Å². The van der Waals surface area contributed by atoms with E-state index < -0.39 is 29.5 Å². The van der Waals surface area contributed by atoms with Crippen molar-refractivity contribution in [3.8, 4) is 0 Å². The lowest BCUT2D eigenvalue weighted by Gasteiger charge is -2.38. The Balaban J connectivity index is 2.44. The molecule has 3 rings (SSSR count). The van der Waals surface area contributed by atoms with E-state index in [-0.39, 0.29) is 0 Å². The molecule has 8 heteroatoms. The van der Waals surface area contributed by atoms with Crippen LogP contribution in [0.1, 0.15) is 27.7 Å². The van der Waals surface area contributed by atoms with Gasteiger partial charge in [-0.2, -0.15) is 21.6 Å². The number of halogens is 3. The molecular weight excluding hydrogens is 429 g/mol. The summed E-state index contributed by atoms with van der Waals surface area (Å²) in [6, 6.07) is 16.9. The average molecular weight is 453 g/mol. The fourth-order valence-electron chi connectivity index (χ4n) is 4.20. The van der Waals surface area contributed by atoms with E-state index in [1.54, 1.807) is 60.7 Å². The van der Waals surface area contributed by atoms with Gasteiger partial charge in [0.25, 0.3) is 8.32 Å². The van der Waals surface area contributed by atoms with E-state index in [0.717, 1.165) is 22.3 Å². The molecule has 1 aliphatic carbocycles. The van der Waals surface area contributed by atoms with Gasteiger partial charge in [-0.3, -0.25) is 3.87 Å². The van der Waals surface area contributed by atoms with Crippen molar-refractivity contribution in [3.05, 3.63) is 83.0 Å². The highest BCUT2D eigenvalue weighted by atomic mass is 32.2. The zero-order valence-corrected chi connectivity index (χ0v) is 18.9. The molecular formula is C22H23F3O3SSi. The molecule has 2 aromatic carbocycles. The normalized spacial score (nSPS) is 16.5. The summed E-state index contributed by atoms with van der Waals surface area (Å²) >= 11 is 0. The van der Waals surface area contributed by atoms with E-state index >= 15 is 0 Å². The minimum absolute atomic E-state index is 0.468. The second kappa shape index (κ2) is 7.83. The summed E-state index contributed by atoms with van der Waals surface area (Å²) in [6.45, 7) is 7.50. The minimum Gasteiger partial charge on any atom is -0.296 e. The lowest BCUT2D eigenvalue weighted by atomic mass is 10.1. The first-order chi connectivity index (χ1) is 13.9. The number of rotatable bonds is 5. The SMILES string of the molecule is CC1=C(C)C([Si](OS(=O)(=O)C(F)(F)F)(c2ccccc2)c2ccccc2)C(C)=C1C. The van der Waals surface area contributed by atoms with Crippen LogP contribution in [-0.2, 0) is 14.0 Å². The van der Waals surface area contributed by atoms with Crippen molar-refractivity contribution in [2.24, 2.45) is 0 Å². The van der Waals surface area contributed by atoms with Crippen molar-refractivity contribution in [1.82, 2.24) is 0 Å². The Bertz CT molecular complexity index is 1040. The van der Waals surface area contributed by atoms with Crippen LogP contribution in [0.25, 0.3) is 0 Å².